The Morgan fingerprint density at radius 2 is 1.18 bits per heavy atom. The van der Waals surface area contributed by atoms with E-state index < -0.39 is 12.2 Å². The normalized spacial score (nSPS) is 22.2. The first-order chi connectivity index (χ1) is 18.7. The molecule has 0 unspecified atom stereocenters. The molecule has 3 aromatic carbocycles. The van der Waals surface area contributed by atoms with E-state index in [0.717, 1.165) is 11.1 Å². The molecule has 0 amide bonds. The Morgan fingerprint density at radius 1 is 0.667 bits per heavy atom. The summed E-state index contributed by atoms with van der Waals surface area (Å²) in [5.74, 6) is 3.16. The molecule has 8 nitrogen and oxygen atoms in total. The van der Waals surface area contributed by atoms with Gasteiger partial charge in [-0.2, -0.15) is 0 Å². The van der Waals surface area contributed by atoms with E-state index in [1.54, 1.807) is 52.5 Å². The summed E-state index contributed by atoms with van der Waals surface area (Å²) < 4.78 is 34.3. The number of rotatable bonds is 10. The van der Waals surface area contributed by atoms with Crippen LogP contribution in [-0.4, -0.2) is 44.8 Å². The highest BCUT2D eigenvalue weighted by Crippen LogP contribution is 2.50. The summed E-state index contributed by atoms with van der Waals surface area (Å²) >= 11 is 0. The summed E-state index contributed by atoms with van der Waals surface area (Å²) in [5, 5.41) is 21.0. The molecule has 2 N–H and O–H groups in total. The Balaban J connectivity index is 1.52. The number of aromatic hydroxyl groups is 1. The lowest BCUT2D eigenvalue weighted by molar-refractivity contribution is 0.0284. The maximum atomic E-state index is 11.0. The maximum Gasteiger partial charge on any atom is 0.161 e. The molecule has 0 radical (unpaired) electrons. The molecule has 0 aliphatic carbocycles. The smallest absolute Gasteiger partial charge is 0.161 e. The molecule has 0 saturated carbocycles. The molecule has 1 fully saturated rings. The topological polar surface area (TPSA) is 95.8 Å². The van der Waals surface area contributed by atoms with Crippen molar-refractivity contribution in [3.63, 3.8) is 0 Å². The summed E-state index contributed by atoms with van der Waals surface area (Å²) in [4.78, 5) is 0. The first kappa shape index (κ1) is 28.4. The summed E-state index contributed by atoms with van der Waals surface area (Å²) in [7, 11) is 6.25. The van der Waals surface area contributed by atoms with Crippen LogP contribution in [0, 0.1) is 11.8 Å². The number of methoxy groups -OCH3 is 4. The molecule has 0 bridgehead atoms. The molecule has 0 spiro atoms. The molecular formula is C31H38O8. The second kappa shape index (κ2) is 12.1. The maximum absolute atomic E-state index is 11.0. The quantitative estimate of drug-likeness (QED) is 0.324. The lowest BCUT2D eigenvalue weighted by Crippen LogP contribution is -2.22. The van der Waals surface area contributed by atoms with Gasteiger partial charge in [0, 0.05) is 0 Å². The Morgan fingerprint density at radius 3 is 1.77 bits per heavy atom. The summed E-state index contributed by atoms with van der Waals surface area (Å²) in [5.41, 5.74) is 2.58. The number of benzene rings is 3. The van der Waals surface area contributed by atoms with Crippen molar-refractivity contribution in [1.82, 2.24) is 0 Å². The average molecular weight is 539 g/mol. The van der Waals surface area contributed by atoms with E-state index in [0.29, 0.717) is 34.3 Å². The fourth-order valence-electron chi connectivity index (χ4n) is 5.12. The van der Waals surface area contributed by atoms with Gasteiger partial charge in [-0.1, -0.05) is 32.0 Å². The Bertz CT molecular complexity index is 1280. The van der Waals surface area contributed by atoms with Crippen molar-refractivity contribution in [2.75, 3.05) is 28.4 Å². The van der Waals surface area contributed by atoms with Crippen molar-refractivity contribution in [2.24, 2.45) is 11.8 Å². The fraction of sp³-hybridized carbons (Fsp3) is 0.419. The van der Waals surface area contributed by atoms with Crippen molar-refractivity contribution in [1.29, 1.82) is 0 Å². The van der Waals surface area contributed by atoms with Gasteiger partial charge in [0.25, 0.3) is 0 Å². The van der Waals surface area contributed by atoms with Crippen molar-refractivity contribution in [2.45, 2.75) is 45.2 Å². The summed E-state index contributed by atoms with van der Waals surface area (Å²) in [6, 6.07) is 16.4. The van der Waals surface area contributed by atoms with Crippen molar-refractivity contribution >= 4 is 0 Å². The van der Waals surface area contributed by atoms with Gasteiger partial charge < -0.3 is 38.6 Å². The van der Waals surface area contributed by atoms with Crippen LogP contribution in [-0.2, 0) is 4.74 Å². The van der Waals surface area contributed by atoms with E-state index in [4.69, 9.17) is 28.4 Å². The number of phenolic OH excluding ortho intramolecular Hbond substituents is 1. The molecule has 1 aliphatic heterocycles. The number of phenols is 1. The molecule has 210 valence electrons. The largest absolute Gasteiger partial charge is 0.504 e. The average Bonchev–Trinajstić information content (AvgIpc) is 3.26. The predicted molar refractivity (Wildman–Crippen MR) is 147 cm³/mol. The number of aliphatic hydroxyl groups is 1. The van der Waals surface area contributed by atoms with E-state index in [1.165, 1.54) is 7.11 Å². The highest BCUT2D eigenvalue weighted by atomic mass is 16.5. The SMILES string of the molecule is COc1cc([C@H]2O[C@H](c3ccc(O[C@H](C)[C@H](O)c4ccc(OC)c(OC)c4)c(OC)c3)[C@H](C)[C@H]2C)ccc1O. The van der Waals surface area contributed by atoms with Gasteiger partial charge in [-0.05, 0) is 71.8 Å². The van der Waals surface area contributed by atoms with Crippen LogP contribution < -0.4 is 23.7 Å². The van der Waals surface area contributed by atoms with Gasteiger partial charge in [-0.3, -0.25) is 0 Å². The van der Waals surface area contributed by atoms with E-state index in [1.807, 2.05) is 30.3 Å². The Labute approximate surface area is 230 Å². The minimum absolute atomic E-state index is 0.0994. The number of ether oxygens (including phenoxy) is 6. The highest BCUT2D eigenvalue weighted by molar-refractivity contribution is 5.46. The number of hydrogen-bond donors (Lipinski definition) is 2. The van der Waals surface area contributed by atoms with Gasteiger partial charge in [0.05, 0.1) is 40.6 Å². The van der Waals surface area contributed by atoms with Crippen molar-refractivity contribution in [3.8, 4) is 34.5 Å². The van der Waals surface area contributed by atoms with Crippen LogP contribution >= 0.6 is 0 Å². The standard InChI is InChI=1S/C31H38O8/c1-17-18(2)31(39-30(17)21-8-11-23(32)26(15-21)35-5)22-10-13-25(28(16-22)37-7)38-19(3)29(33)20-9-12-24(34-4)27(14-20)36-6/h8-19,29-33H,1-7H3/t17-,18-,19-,29+,30+,31+/m1/s1. The van der Waals surface area contributed by atoms with Gasteiger partial charge in [0.1, 0.15) is 12.2 Å². The van der Waals surface area contributed by atoms with Crippen molar-refractivity contribution < 1.29 is 38.6 Å². The molecule has 3 aromatic rings. The Kier molecular flexibility index (Phi) is 8.77. The van der Waals surface area contributed by atoms with Gasteiger partial charge in [-0.15, -0.1) is 0 Å². The van der Waals surface area contributed by atoms with Crippen LogP contribution in [0.15, 0.2) is 54.6 Å². The van der Waals surface area contributed by atoms with Crippen LogP contribution in [0.1, 0.15) is 55.8 Å². The van der Waals surface area contributed by atoms with Gasteiger partial charge in [0.2, 0.25) is 0 Å². The van der Waals surface area contributed by atoms with Crippen LogP contribution in [0.4, 0.5) is 0 Å². The van der Waals surface area contributed by atoms with E-state index in [-0.39, 0.29) is 29.8 Å². The lowest BCUT2D eigenvalue weighted by atomic mass is 9.85. The molecule has 6 atom stereocenters. The monoisotopic (exact) mass is 538 g/mol. The molecule has 39 heavy (non-hydrogen) atoms. The van der Waals surface area contributed by atoms with Crippen LogP contribution in [0.5, 0.6) is 34.5 Å². The number of hydrogen-bond acceptors (Lipinski definition) is 8. The summed E-state index contributed by atoms with van der Waals surface area (Å²) in [6.45, 7) is 6.14. The minimum atomic E-state index is -0.906. The number of aliphatic hydroxyl groups excluding tert-OH is 1. The second-order valence-corrected chi connectivity index (χ2v) is 9.92. The minimum Gasteiger partial charge on any atom is -0.504 e. The zero-order chi connectivity index (χ0) is 28.3. The third-order valence-electron chi connectivity index (χ3n) is 7.63. The second-order valence-electron chi connectivity index (χ2n) is 9.92. The van der Waals surface area contributed by atoms with E-state index in [9.17, 15) is 10.2 Å². The van der Waals surface area contributed by atoms with E-state index in [2.05, 4.69) is 13.8 Å². The van der Waals surface area contributed by atoms with Crippen LogP contribution in [0.3, 0.4) is 0 Å². The first-order valence-electron chi connectivity index (χ1n) is 13.0. The van der Waals surface area contributed by atoms with Gasteiger partial charge >= 0.3 is 0 Å². The first-order valence-corrected chi connectivity index (χ1v) is 13.0. The Hall–Kier alpha value is -3.62. The fourth-order valence-corrected chi connectivity index (χ4v) is 5.12. The third kappa shape index (κ3) is 5.72. The zero-order valence-corrected chi connectivity index (χ0v) is 23.5. The van der Waals surface area contributed by atoms with Gasteiger partial charge in [0.15, 0.2) is 34.5 Å². The molecular weight excluding hydrogens is 500 g/mol. The molecule has 1 aliphatic rings. The van der Waals surface area contributed by atoms with Crippen LogP contribution in [0.2, 0.25) is 0 Å². The third-order valence-corrected chi connectivity index (χ3v) is 7.63. The molecule has 1 heterocycles. The van der Waals surface area contributed by atoms with Crippen molar-refractivity contribution in [3.05, 3.63) is 71.3 Å². The molecule has 1 saturated heterocycles. The molecule has 8 heteroatoms. The van der Waals surface area contributed by atoms with E-state index >= 15 is 0 Å². The highest BCUT2D eigenvalue weighted by Gasteiger charge is 2.41. The molecule has 4 rings (SSSR count). The molecule has 0 aromatic heterocycles. The van der Waals surface area contributed by atoms with Crippen LogP contribution in [0.25, 0.3) is 0 Å². The lowest BCUT2D eigenvalue weighted by Gasteiger charge is -2.24. The zero-order valence-electron chi connectivity index (χ0n) is 23.5. The summed E-state index contributed by atoms with van der Waals surface area (Å²) in [6.07, 6.45) is -1.80. The predicted octanol–water partition coefficient (Wildman–Crippen LogP) is 6.01. The van der Waals surface area contributed by atoms with Gasteiger partial charge in [-0.25, -0.2) is 0 Å².